The molecular weight excluding hydrogens is 558 g/mol. The second kappa shape index (κ2) is 11.0. The molecular formula is C26H30FN6O7P. The minimum atomic E-state index is -4.31. The molecule has 4 heterocycles. The summed E-state index contributed by atoms with van der Waals surface area (Å²) in [7, 11) is -4.31. The summed E-state index contributed by atoms with van der Waals surface area (Å²) in [6.45, 7) is 2.38. The molecule has 2 aliphatic heterocycles. The quantitative estimate of drug-likeness (QED) is 0.277. The zero-order valence-corrected chi connectivity index (χ0v) is 23.3. The van der Waals surface area contributed by atoms with Crippen LogP contribution < -0.4 is 10.3 Å². The molecule has 2 aliphatic rings. The number of ether oxygens (including phenoxy) is 2. The van der Waals surface area contributed by atoms with Gasteiger partial charge >= 0.3 is 13.7 Å². The second-order valence-electron chi connectivity index (χ2n) is 9.87. The van der Waals surface area contributed by atoms with Crippen LogP contribution in [-0.2, 0) is 29.0 Å². The number of hydrogen-bond donors (Lipinski definition) is 2. The predicted octanol–water partition coefficient (Wildman–Crippen LogP) is 2.75. The minimum Gasteiger partial charge on any atom is -0.465 e. The number of aliphatic hydroxyl groups is 1. The molecule has 0 spiro atoms. The summed E-state index contributed by atoms with van der Waals surface area (Å²) in [5.41, 5.74) is 1.17. The lowest BCUT2D eigenvalue weighted by Gasteiger charge is -2.31. The monoisotopic (exact) mass is 588 g/mol. The number of hydrogen-bond acceptors (Lipinski definition) is 11. The minimum absolute atomic E-state index is 0.0266. The smallest absolute Gasteiger partial charge is 0.462 e. The van der Waals surface area contributed by atoms with Gasteiger partial charge in [0.1, 0.15) is 41.9 Å². The maximum absolute atomic E-state index is 16.4. The number of carbonyl (C=O) groups is 1. The Balaban J connectivity index is 1.46. The molecule has 15 heteroatoms. The number of halogens is 1. The number of aliphatic hydroxyl groups excluding tert-OH is 1. The van der Waals surface area contributed by atoms with E-state index >= 15 is 4.39 Å². The van der Waals surface area contributed by atoms with E-state index in [1.807, 2.05) is 6.07 Å². The van der Waals surface area contributed by atoms with Crippen LogP contribution in [0.4, 0.5) is 10.2 Å². The number of nitriles is 1. The average molecular weight is 589 g/mol. The van der Waals surface area contributed by atoms with Gasteiger partial charge in [0, 0.05) is 6.54 Å². The van der Waals surface area contributed by atoms with Crippen molar-refractivity contribution in [1.29, 1.82) is 5.26 Å². The van der Waals surface area contributed by atoms with Crippen LogP contribution in [0.25, 0.3) is 5.52 Å². The molecule has 2 fully saturated rings. The van der Waals surface area contributed by atoms with Gasteiger partial charge in [-0.05, 0) is 51.0 Å². The van der Waals surface area contributed by atoms with Gasteiger partial charge in [-0.2, -0.15) is 15.0 Å². The van der Waals surface area contributed by atoms with E-state index in [1.165, 1.54) is 21.3 Å². The molecule has 6 atom stereocenters. The third-order valence-corrected chi connectivity index (χ3v) is 9.41. The molecule has 0 radical (unpaired) electrons. The van der Waals surface area contributed by atoms with Crippen LogP contribution >= 0.6 is 7.75 Å². The van der Waals surface area contributed by atoms with Crippen LogP contribution in [0, 0.1) is 11.3 Å². The summed E-state index contributed by atoms with van der Waals surface area (Å²) >= 11 is 0. The largest absolute Gasteiger partial charge is 0.465 e. The molecule has 3 N–H and O–H groups in total. The number of nitrogens with two attached hydrogens (primary N) is 1. The van der Waals surface area contributed by atoms with Gasteiger partial charge in [-0.15, -0.1) is 0 Å². The highest BCUT2D eigenvalue weighted by Crippen LogP contribution is 2.57. The van der Waals surface area contributed by atoms with Crippen molar-refractivity contribution in [3.8, 4) is 11.8 Å². The van der Waals surface area contributed by atoms with Crippen molar-refractivity contribution in [1.82, 2.24) is 19.3 Å². The first-order chi connectivity index (χ1) is 19.6. The number of aromatic nitrogens is 3. The third kappa shape index (κ3) is 4.83. The average Bonchev–Trinajstić information content (AvgIpc) is 3.67. The number of carbonyl (C=O) groups excluding carboxylic acids is 1. The summed E-state index contributed by atoms with van der Waals surface area (Å²) in [6.07, 6.45) is -1.34. The first-order valence-electron chi connectivity index (χ1n) is 13.1. The van der Waals surface area contributed by atoms with E-state index < -0.39 is 49.8 Å². The van der Waals surface area contributed by atoms with Crippen molar-refractivity contribution in [3.05, 3.63) is 54.5 Å². The van der Waals surface area contributed by atoms with Gasteiger partial charge in [-0.1, -0.05) is 18.2 Å². The Bertz CT molecular complexity index is 1510. The van der Waals surface area contributed by atoms with Gasteiger partial charge in [0.15, 0.2) is 11.5 Å². The van der Waals surface area contributed by atoms with Crippen molar-refractivity contribution in [2.75, 3.05) is 25.5 Å². The highest BCUT2D eigenvalue weighted by molar-refractivity contribution is 7.51. The number of para-hydroxylation sites is 1. The summed E-state index contributed by atoms with van der Waals surface area (Å²) in [4.78, 5) is 16.6. The van der Waals surface area contributed by atoms with Crippen molar-refractivity contribution in [2.45, 2.75) is 56.2 Å². The van der Waals surface area contributed by atoms with Crippen molar-refractivity contribution < 1.29 is 37.4 Å². The van der Waals surface area contributed by atoms with Crippen molar-refractivity contribution >= 4 is 25.1 Å². The fraction of sp³-hybridized carbons (Fsp3) is 0.462. The Morgan fingerprint density at radius 2 is 2.10 bits per heavy atom. The van der Waals surface area contributed by atoms with Gasteiger partial charge < -0.3 is 24.8 Å². The Morgan fingerprint density at radius 3 is 2.80 bits per heavy atom. The molecule has 218 valence electrons. The maximum atomic E-state index is 16.4. The number of fused-ring (bicyclic) bond motifs is 1. The van der Waals surface area contributed by atoms with Crippen LogP contribution in [0.5, 0.6) is 5.75 Å². The fourth-order valence-corrected chi connectivity index (χ4v) is 7.24. The standard InChI is InChI=1S/C26H30FN6O7P/c1-3-37-24(35)19-10-7-13-32(19)41(36,40-17-8-5-4-6-9-17)38-14-20-22(34)25(2,27)26(15-28,39-20)21-12-11-18-23(29)30-16-31-33(18)21/h4-6,8-9,11-12,16,19-20,22,34H,3,7,10,13-14H2,1-2H3,(H2,29,30,31)/t19-,20+,22+,25+,26?,41?/m0/s1. The molecule has 1 aromatic carbocycles. The lowest BCUT2D eigenvalue weighted by Crippen LogP contribution is -2.48. The van der Waals surface area contributed by atoms with Crippen LogP contribution in [-0.4, -0.2) is 74.0 Å². The predicted molar refractivity (Wildman–Crippen MR) is 142 cm³/mol. The van der Waals surface area contributed by atoms with E-state index in [9.17, 15) is 19.7 Å². The summed E-state index contributed by atoms with van der Waals surface area (Å²) in [6, 6.07) is 12.1. The third-order valence-electron chi connectivity index (χ3n) is 7.39. The molecule has 2 saturated heterocycles. The first kappa shape index (κ1) is 28.9. The molecule has 5 rings (SSSR count). The second-order valence-corrected chi connectivity index (χ2v) is 11.8. The summed E-state index contributed by atoms with van der Waals surface area (Å²) in [5, 5.41) is 25.4. The number of alkyl halides is 1. The molecule has 41 heavy (non-hydrogen) atoms. The number of nitrogens with zero attached hydrogens (tertiary/aromatic N) is 5. The van der Waals surface area contributed by atoms with Crippen LogP contribution in [0.3, 0.4) is 0 Å². The Hall–Kier alpha value is -3.60. The van der Waals surface area contributed by atoms with E-state index in [-0.39, 0.29) is 30.4 Å². The van der Waals surface area contributed by atoms with Gasteiger partial charge in [0.05, 0.1) is 18.9 Å². The maximum Gasteiger partial charge on any atom is 0.462 e. The fourth-order valence-electron chi connectivity index (χ4n) is 5.27. The SMILES string of the molecule is CCOC(=O)[C@@H]1CCCN1P(=O)(OC[C@H]1OC(C#N)(c2ccc3c(N)ncnn23)[C@](C)(F)[C@@H]1O)Oc1ccccc1. The van der Waals surface area contributed by atoms with E-state index in [0.29, 0.717) is 18.4 Å². The highest BCUT2D eigenvalue weighted by atomic mass is 31.2. The highest BCUT2D eigenvalue weighted by Gasteiger charge is 2.67. The van der Waals surface area contributed by atoms with E-state index in [4.69, 9.17) is 24.3 Å². The molecule has 0 bridgehead atoms. The van der Waals surface area contributed by atoms with Crippen LogP contribution in [0.1, 0.15) is 32.4 Å². The van der Waals surface area contributed by atoms with E-state index in [0.717, 1.165) is 13.3 Å². The molecule has 13 nitrogen and oxygen atoms in total. The molecule has 3 aromatic rings. The zero-order chi connectivity index (χ0) is 29.4. The van der Waals surface area contributed by atoms with Crippen molar-refractivity contribution in [3.63, 3.8) is 0 Å². The number of anilines is 1. The van der Waals surface area contributed by atoms with E-state index in [1.54, 1.807) is 37.3 Å². The van der Waals surface area contributed by atoms with Gasteiger partial charge in [-0.3, -0.25) is 9.32 Å². The molecule has 0 amide bonds. The first-order valence-corrected chi connectivity index (χ1v) is 14.5. The van der Waals surface area contributed by atoms with E-state index in [2.05, 4.69) is 10.1 Å². The number of rotatable bonds is 9. The topological polar surface area (TPSA) is 175 Å². The van der Waals surface area contributed by atoms with Gasteiger partial charge in [-0.25, -0.2) is 18.5 Å². The number of esters is 1. The normalized spacial score (nSPS) is 29.7. The molecule has 0 aliphatic carbocycles. The molecule has 2 aromatic heterocycles. The van der Waals surface area contributed by atoms with Gasteiger partial charge in [0.25, 0.3) is 0 Å². The van der Waals surface area contributed by atoms with Crippen LogP contribution in [0.2, 0.25) is 0 Å². The Labute approximate surface area is 235 Å². The Morgan fingerprint density at radius 1 is 1.34 bits per heavy atom. The number of nitrogen functional groups attached to an aromatic ring is 1. The van der Waals surface area contributed by atoms with Gasteiger partial charge in [0.2, 0.25) is 5.60 Å². The summed E-state index contributed by atoms with van der Waals surface area (Å²) in [5.74, 6) is -0.278. The lowest BCUT2D eigenvalue weighted by atomic mass is 9.82. The zero-order valence-electron chi connectivity index (χ0n) is 22.4. The van der Waals surface area contributed by atoms with Crippen molar-refractivity contribution in [2.24, 2.45) is 0 Å². The molecule has 0 saturated carbocycles. The van der Waals surface area contributed by atoms with Crippen LogP contribution in [0.15, 0.2) is 48.8 Å². The lowest BCUT2D eigenvalue weighted by molar-refractivity contribution is -0.147. The summed E-state index contributed by atoms with van der Waals surface area (Å²) < 4.78 is 56.0. The number of benzene rings is 1. The molecule has 2 unspecified atom stereocenters. The Kier molecular flexibility index (Phi) is 7.76.